The van der Waals surface area contributed by atoms with Crippen LogP contribution in [-0.2, 0) is 13.6 Å². The average molecular weight is 317 g/mol. The number of nitrogens with zero attached hydrogens (tertiary/aromatic N) is 2. The summed E-state index contributed by atoms with van der Waals surface area (Å²) >= 11 is 0. The standard InChI is InChI=1S/C15H19N5O3/c1-9-12(14(23-3)20(2)19-9)18-15(22)17-8-10-5-4-6-11(7-10)13(16)21/h4-7H,8H2,1-3H3,(H2,16,21)(H2,17,18,22). The topological polar surface area (TPSA) is 111 Å². The number of nitrogens with one attached hydrogen (secondary N) is 2. The van der Waals surface area contributed by atoms with Crippen molar-refractivity contribution < 1.29 is 14.3 Å². The van der Waals surface area contributed by atoms with Crippen LogP contribution in [0.25, 0.3) is 0 Å². The van der Waals surface area contributed by atoms with Crippen molar-refractivity contribution >= 4 is 17.6 Å². The zero-order valence-corrected chi connectivity index (χ0v) is 13.2. The van der Waals surface area contributed by atoms with Crippen molar-refractivity contribution in [1.29, 1.82) is 0 Å². The molecule has 0 fully saturated rings. The normalized spacial score (nSPS) is 10.2. The first kappa shape index (κ1) is 16.3. The fraction of sp³-hybridized carbons (Fsp3) is 0.267. The molecule has 1 aromatic heterocycles. The van der Waals surface area contributed by atoms with Gasteiger partial charge in [-0.3, -0.25) is 4.79 Å². The van der Waals surface area contributed by atoms with E-state index in [-0.39, 0.29) is 6.54 Å². The molecule has 2 rings (SSSR count). The number of hydrogen-bond donors (Lipinski definition) is 3. The molecule has 0 spiro atoms. The van der Waals surface area contributed by atoms with Crippen LogP contribution in [0.5, 0.6) is 5.88 Å². The first-order valence-corrected chi connectivity index (χ1v) is 6.93. The van der Waals surface area contributed by atoms with E-state index in [1.807, 2.05) is 0 Å². The number of urea groups is 1. The molecule has 8 nitrogen and oxygen atoms in total. The number of methoxy groups -OCH3 is 1. The SMILES string of the molecule is COc1c(NC(=O)NCc2cccc(C(N)=O)c2)c(C)nn1C. The van der Waals surface area contributed by atoms with E-state index in [4.69, 9.17) is 10.5 Å². The van der Waals surface area contributed by atoms with Crippen LogP contribution >= 0.6 is 0 Å². The van der Waals surface area contributed by atoms with Crippen LogP contribution in [0.2, 0.25) is 0 Å². The van der Waals surface area contributed by atoms with E-state index in [1.54, 1.807) is 42.9 Å². The Morgan fingerprint density at radius 2 is 2.13 bits per heavy atom. The van der Waals surface area contributed by atoms with Crippen molar-refractivity contribution in [3.63, 3.8) is 0 Å². The number of hydrogen-bond acceptors (Lipinski definition) is 4. The van der Waals surface area contributed by atoms with Crippen LogP contribution < -0.4 is 21.1 Å². The molecule has 2 aromatic rings. The summed E-state index contributed by atoms with van der Waals surface area (Å²) in [7, 11) is 3.24. The summed E-state index contributed by atoms with van der Waals surface area (Å²) in [4.78, 5) is 23.2. The van der Waals surface area contributed by atoms with E-state index in [0.29, 0.717) is 22.8 Å². The van der Waals surface area contributed by atoms with E-state index in [0.717, 1.165) is 5.56 Å². The first-order chi connectivity index (χ1) is 10.9. The number of aromatic nitrogens is 2. The molecule has 0 bridgehead atoms. The van der Waals surface area contributed by atoms with Crippen LogP contribution in [0.3, 0.4) is 0 Å². The first-order valence-electron chi connectivity index (χ1n) is 6.93. The summed E-state index contributed by atoms with van der Waals surface area (Å²) in [6.07, 6.45) is 0. The molecule has 0 aliphatic rings. The highest BCUT2D eigenvalue weighted by molar-refractivity contribution is 5.93. The fourth-order valence-corrected chi connectivity index (χ4v) is 2.19. The maximum atomic E-state index is 12.0. The minimum absolute atomic E-state index is 0.259. The quantitative estimate of drug-likeness (QED) is 0.768. The van der Waals surface area contributed by atoms with Gasteiger partial charge in [0.05, 0.1) is 12.8 Å². The summed E-state index contributed by atoms with van der Waals surface area (Å²) in [6.45, 7) is 2.03. The Morgan fingerprint density at radius 1 is 1.39 bits per heavy atom. The largest absolute Gasteiger partial charge is 0.480 e. The number of primary amides is 1. The van der Waals surface area contributed by atoms with Crippen LogP contribution in [0, 0.1) is 6.92 Å². The van der Waals surface area contributed by atoms with Crippen LogP contribution in [0.4, 0.5) is 10.5 Å². The molecule has 122 valence electrons. The minimum atomic E-state index is -0.507. The number of ether oxygens (including phenoxy) is 1. The van der Waals surface area contributed by atoms with Gasteiger partial charge < -0.3 is 21.1 Å². The average Bonchev–Trinajstić information content (AvgIpc) is 2.78. The predicted octanol–water partition coefficient (Wildman–Crippen LogP) is 1.16. The minimum Gasteiger partial charge on any atom is -0.480 e. The van der Waals surface area contributed by atoms with Gasteiger partial charge in [-0.1, -0.05) is 12.1 Å². The number of rotatable bonds is 5. The predicted molar refractivity (Wildman–Crippen MR) is 85.3 cm³/mol. The molecule has 0 saturated heterocycles. The fourth-order valence-electron chi connectivity index (χ4n) is 2.19. The number of anilines is 1. The third-order valence-electron chi connectivity index (χ3n) is 3.27. The van der Waals surface area contributed by atoms with Crippen molar-refractivity contribution in [2.45, 2.75) is 13.5 Å². The van der Waals surface area contributed by atoms with E-state index in [2.05, 4.69) is 15.7 Å². The summed E-state index contributed by atoms with van der Waals surface area (Å²) < 4.78 is 6.75. The lowest BCUT2D eigenvalue weighted by atomic mass is 10.1. The Labute approximate surface area is 133 Å². The molecule has 0 aliphatic carbocycles. The third-order valence-corrected chi connectivity index (χ3v) is 3.27. The Kier molecular flexibility index (Phi) is 4.85. The Morgan fingerprint density at radius 3 is 2.78 bits per heavy atom. The summed E-state index contributed by atoms with van der Waals surface area (Å²) in [5, 5.41) is 9.60. The smallest absolute Gasteiger partial charge is 0.319 e. The lowest BCUT2D eigenvalue weighted by molar-refractivity contribution is 0.1000. The van der Waals surface area contributed by atoms with Gasteiger partial charge >= 0.3 is 6.03 Å². The van der Waals surface area contributed by atoms with Crippen LogP contribution in [0.1, 0.15) is 21.6 Å². The highest BCUT2D eigenvalue weighted by Crippen LogP contribution is 2.26. The molecular weight excluding hydrogens is 298 g/mol. The van der Waals surface area contributed by atoms with E-state index in [9.17, 15) is 9.59 Å². The van der Waals surface area contributed by atoms with Crippen molar-refractivity contribution in [3.8, 4) is 5.88 Å². The monoisotopic (exact) mass is 317 g/mol. The molecule has 0 aliphatic heterocycles. The number of nitrogens with two attached hydrogens (primary N) is 1. The maximum Gasteiger partial charge on any atom is 0.319 e. The molecule has 0 unspecified atom stereocenters. The zero-order valence-electron chi connectivity index (χ0n) is 13.2. The second-order valence-electron chi connectivity index (χ2n) is 4.97. The van der Waals surface area contributed by atoms with Gasteiger partial charge in [0.15, 0.2) is 0 Å². The Bertz CT molecular complexity index is 739. The van der Waals surface area contributed by atoms with Gasteiger partial charge in [-0.05, 0) is 24.6 Å². The van der Waals surface area contributed by atoms with Crippen molar-refractivity contribution in [2.24, 2.45) is 12.8 Å². The molecule has 1 aromatic carbocycles. The van der Waals surface area contributed by atoms with Gasteiger partial charge in [0.1, 0.15) is 5.69 Å². The van der Waals surface area contributed by atoms with Crippen LogP contribution in [0.15, 0.2) is 24.3 Å². The molecule has 1 heterocycles. The van der Waals surface area contributed by atoms with Gasteiger partial charge in [-0.25, -0.2) is 9.48 Å². The van der Waals surface area contributed by atoms with Crippen LogP contribution in [-0.4, -0.2) is 28.8 Å². The number of carbonyl (C=O) groups excluding carboxylic acids is 2. The molecular formula is C15H19N5O3. The molecule has 0 radical (unpaired) electrons. The second-order valence-corrected chi connectivity index (χ2v) is 4.97. The molecule has 4 N–H and O–H groups in total. The molecule has 0 atom stereocenters. The van der Waals surface area contributed by atoms with Crippen molar-refractivity contribution in [3.05, 3.63) is 41.1 Å². The van der Waals surface area contributed by atoms with Gasteiger partial charge in [-0.15, -0.1) is 0 Å². The Balaban J connectivity index is 2.01. The van der Waals surface area contributed by atoms with E-state index >= 15 is 0 Å². The van der Waals surface area contributed by atoms with Gasteiger partial charge in [0.2, 0.25) is 11.8 Å². The summed E-state index contributed by atoms with van der Waals surface area (Å²) in [6, 6.07) is 6.36. The highest BCUT2D eigenvalue weighted by Gasteiger charge is 2.16. The lowest BCUT2D eigenvalue weighted by Crippen LogP contribution is -2.28. The third kappa shape index (κ3) is 3.79. The maximum absolute atomic E-state index is 12.0. The number of carbonyl (C=O) groups is 2. The van der Waals surface area contributed by atoms with Crippen molar-refractivity contribution in [2.75, 3.05) is 12.4 Å². The number of aryl methyl sites for hydroxylation is 2. The van der Waals surface area contributed by atoms with Gasteiger partial charge in [0, 0.05) is 19.2 Å². The molecule has 0 saturated carbocycles. The molecule has 8 heteroatoms. The van der Waals surface area contributed by atoms with Gasteiger partial charge in [0.25, 0.3) is 0 Å². The second kappa shape index (κ2) is 6.82. The zero-order chi connectivity index (χ0) is 17.0. The number of benzene rings is 1. The highest BCUT2D eigenvalue weighted by atomic mass is 16.5. The summed E-state index contributed by atoms with van der Waals surface area (Å²) in [5.41, 5.74) is 7.56. The Hall–Kier alpha value is -3.03. The number of amides is 3. The van der Waals surface area contributed by atoms with E-state index in [1.165, 1.54) is 7.11 Å². The molecule has 23 heavy (non-hydrogen) atoms. The lowest BCUT2D eigenvalue weighted by Gasteiger charge is -2.09. The van der Waals surface area contributed by atoms with Gasteiger partial charge in [-0.2, -0.15) is 5.10 Å². The van der Waals surface area contributed by atoms with Crippen molar-refractivity contribution in [1.82, 2.24) is 15.1 Å². The summed E-state index contributed by atoms with van der Waals surface area (Å²) in [5.74, 6) is -0.0413. The molecule has 3 amide bonds. The van der Waals surface area contributed by atoms with E-state index < -0.39 is 11.9 Å².